The molecule has 4 heterocycles. The van der Waals surface area contributed by atoms with Gasteiger partial charge in [0.1, 0.15) is 11.6 Å². The Hall–Kier alpha value is -3.65. The van der Waals surface area contributed by atoms with Crippen molar-refractivity contribution in [3.63, 3.8) is 0 Å². The molecule has 2 aliphatic heterocycles. The van der Waals surface area contributed by atoms with E-state index in [2.05, 4.69) is 56.8 Å². The Labute approximate surface area is 206 Å². The lowest BCUT2D eigenvalue weighted by Crippen LogP contribution is -2.60. The van der Waals surface area contributed by atoms with Gasteiger partial charge in [0.05, 0.1) is 23.1 Å². The van der Waals surface area contributed by atoms with E-state index in [1.165, 1.54) is 19.0 Å². The summed E-state index contributed by atoms with van der Waals surface area (Å²) in [6.07, 6.45) is 5.91. The molecular formula is C27H33N7O. The molecule has 8 heteroatoms. The van der Waals surface area contributed by atoms with Crippen LogP contribution in [0.25, 0.3) is 0 Å². The van der Waals surface area contributed by atoms with Crippen LogP contribution in [0.2, 0.25) is 0 Å². The highest BCUT2D eigenvalue weighted by atomic mass is 16.1. The van der Waals surface area contributed by atoms with Crippen molar-refractivity contribution in [3.05, 3.63) is 66.0 Å². The van der Waals surface area contributed by atoms with E-state index in [-0.39, 0.29) is 0 Å². The molecule has 0 saturated carbocycles. The summed E-state index contributed by atoms with van der Waals surface area (Å²) in [5, 5.41) is 10.1. The number of amides is 1. The lowest BCUT2D eigenvalue weighted by molar-refractivity contribution is 0.100. The van der Waals surface area contributed by atoms with E-state index < -0.39 is 5.91 Å². The third-order valence-corrected chi connectivity index (χ3v) is 7.11. The first-order valence-electron chi connectivity index (χ1n) is 12.3. The van der Waals surface area contributed by atoms with E-state index >= 15 is 0 Å². The zero-order valence-corrected chi connectivity index (χ0v) is 20.3. The third-order valence-electron chi connectivity index (χ3n) is 7.11. The smallest absolute Gasteiger partial charge is 0.252 e. The van der Waals surface area contributed by atoms with Crippen LogP contribution >= 0.6 is 0 Å². The molecule has 5 N–H and O–H groups in total. The molecule has 5 rings (SSSR count). The minimum absolute atomic E-state index is 0.328. The molecule has 3 aromatic rings. The highest BCUT2D eigenvalue weighted by Gasteiger charge is 2.43. The number of para-hydroxylation sites is 1. The van der Waals surface area contributed by atoms with Gasteiger partial charge in [-0.3, -0.25) is 4.79 Å². The number of carbonyl (C=O) groups is 1. The SMILES string of the molecule is CC(C)c1ccccc1Nc1cc(Nc2ccc(N3CC4(CCNCC4)C3)cn2)ncc1C(N)=O. The van der Waals surface area contributed by atoms with E-state index in [9.17, 15) is 4.79 Å². The Morgan fingerprint density at radius 3 is 2.43 bits per heavy atom. The molecule has 2 fully saturated rings. The summed E-state index contributed by atoms with van der Waals surface area (Å²) in [5.41, 5.74) is 10.3. The summed E-state index contributed by atoms with van der Waals surface area (Å²) in [4.78, 5) is 23.4. The van der Waals surface area contributed by atoms with Crippen molar-refractivity contribution in [2.75, 3.05) is 41.7 Å². The molecular weight excluding hydrogens is 438 g/mol. The number of anilines is 5. The van der Waals surface area contributed by atoms with E-state index in [0.717, 1.165) is 43.1 Å². The van der Waals surface area contributed by atoms with E-state index in [4.69, 9.17) is 5.73 Å². The van der Waals surface area contributed by atoms with Crippen LogP contribution in [0.15, 0.2) is 54.9 Å². The molecule has 0 radical (unpaired) electrons. The van der Waals surface area contributed by atoms with Crippen LogP contribution in [0.3, 0.4) is 0 Å². The number of nitrogens with zero attached hydrogens (tertiary/aromatic N) is 3. The van der Waals surface area contributed by atoms with Crippen LogP contribution in [0.1, 0.15) is 48.5 Å². The van der Waals surface area contributed by atoms with Crippen LogP contribution in [-0.4, -0.2) is 42.1 Å². The molecule has 35 heavy (non-hydrogen) atoms. The van der Waals surface area contributed by atoms with E-state index in [0.29, 0.717) is 34.2 Å². The van der Waals surface area contributed by atoms with Crippen molar-refractivity contribution in [1.82, 2.24) is 15.3 Å². The largest absolute Gasteiger partial charge is 0.369 e. The monoisotopic (exact) mass is 471 g/mol. The van der Waals surface area contributed by atoms with Gasteiger partial charge in [-0.15, -0.1) is 0 Å². The fourth-order valence-corrected chi connectivity index (χ4v) is 5.08. The number of nitrogens with two attached hydrogens (primary N) is 1. The molecule has 0 atom stereocenters. The fraction of sp³-hybridized carbons (Fsp3) is 0.370. The van der Waals surface area contributed by atoms with Crippen molar-refractivity contribution >= 4 is 34.6 Å². The predicted octanol–water partition coefficient (Wildman–Crippen LogP) is 4.38. The Morgan fingerprint density at radius 1 is 1.00 bits per heavy atom. The molecule has 2 aromatic heterocycles. The molecule has 0 bridgehead atoms. The number of hydrogen-bond acceptors (Lipinski definition) is 7. The Morgan fingerprint density at radius 2 is 1.74 bits per heavy atom. The van der Waals surface area contributed by atoms with Gasteiger partial charge in [0.25, 0.3) is 5.91 Å². The molecule has 8 nitrogen and oxygen atoms in total. The third kappa shape index (κ3) is 4.93. The second kappa shape index (κ2) is 9.54. The number of aromatic nitrogens is 2. The Balaban J connectivity index is 1.30. The summed E-state index contributed by atoms with van der Waals surface area (Å²) in [7, 11) is 0. The Kier molecular flexibility index (Phi) is 6.30. The van der Waals surface area contributed by atoms with E-state index in [1.54, 1.807) is 6.07 Å². The van der Waals surface area contributed by atoms with Crippen LogP contribution in [0, 0.1) is 5.41 Å². The Bertz CT molecular complexity index is 1190. The van der Waals surface area contributed by atoms with Crippen LogP contribution in [-0.2, 0) is 0 Å². The number of benzene rings is 1. The summed E-state index contributed by atoms with van der Waals surface area (Å²) in [6.45, 7) is 8.72. The lowest BCUT2D eigenvalue weighted by Gasteiger charge is -2.53. The van der Waals surface area contributed by atoms with Gasteiger partial charge in [-0.25, -0.2) is 9.97 Å². The number of hydrogen-bond donors (Lipinski definition) is 4. The number of carbonyl (C=O) groups excluding carboxylic acids is 1. The minimum atomic E-state index is -0.530. The molecule has 0 aliphatic carbocycles. The van der Waals surface area contributed by atoms with Crippen LogP contribution < -0.4 is 26.6 Å². The summed E-state index contributed by atoms with van der Waals surface area (Å²) in [6, 6.07) is 13.9. The summed E-state index contributed by atoms with van der Waals surface area (Å²) in [5.74, 6) is 1.07. The maximum absolute atomic E-state index is 12.0. The minimum Gasteiger partial charge on any atom is -0.369 e. The number of rotatable bonds is 7. The number of pyridine rings is 2. The first-order chi connectivity index (χ1) is 16.9. The van der Waals surface area contributed by atoms with Gasteiger partial charge in [-0.05, 0) is 55.6 Å². The van der Waals surface area contributed by atoms with Crippen LogP contribution in [0.4, 0.5) is 28.7 Å². The first kappa shape index (κ1) is 23.1. The van der Waals surface area contributed by atoms with Gasteiger partial charge in [-0.2, -0.15) is 0 Å². The number of nitrogens with one attached hydrogen (secondary N) is 3. The second-order valence-electron chi connectivity index (χ2n) is 9.98. The predicted molar refractivity (Wildman–Crippen MR) is 141 cm³/mol. The van der Waals surface area contributed by atoms with Crippen molar-refractivity contribution < 1.29 is 4.79 Å². The number of piperidine rings is 1. The van der Waals surface area contributed by atoms with Crippen LogP contribution in [0.5, 0.6) is 0 Å². The molecule has 2 aliphatic rings. The highest BCUT2D eigenvalue weighted by molar-refractivity contribution is 5.99. The fourth-order valence-electron chi connectivity index (χ4n) is 5.08. The number of primary amides is 1. The molecule has 182 valence electrons. The van der Waals surface area contributed by atoms with Gasteiger partial charge in [0, 0.05) is 36.5 Å². The van der Waals surface area contributed by atoms with Crippen molar-refractivity contribution in [2.24, 2.45) is 11.1 Å². The highest BCUT2D eigenvalue weighted by Crippen LogP contribution is 2.41. The molecule has 0 unspecified atom stereocenters. The average Bonchev–Trinajstić information content (AvgIpc) is 2.84. The molecule has 2 saturated heterocycles. The zero-order chi connectivity index (χ0) is 24.4. The van der Waals surface area contributed by atoms with E-state index in [1.807, 2.05) is 30.5 Å². The average molecular weight is 472 g/mol. The quantitative estimate of drug-likeness (QED) is 0.405. The van der Waals surface area contributed by atoms with Crippen molar-refractivity contribution in [1.29, 1.82) is 0 Å². The lowest BCUT2D eigenvalue weighted by atomic mass is 9.72. The topological polar surface area (TPSA) is 108 Å². The molecule has 1 amide bonds. The summed E-state index contributed by atoms with van der Waals surface area (Å²) < 4.78 is 0. The van der Waals surface area contributed by atoms with Gasteiger partial charge < -0.3 is 26.6 Å². The van der Waals surface area contributed by atoms with Gasteiger partial charge >= 0.3 is 0 Å². The summed E-state index contributed by atoms with van der Waals surface area (Å²) >= 11 is 0. The van der Waals surface area contributed by atoms with Gasteiger partial charge in [0.2, 0.25) is 0 Å². The first-order valence-corrected chi connectivity index (χ1v) is 12.3. The maximum atomic E-state index is 12.0. The normalized spacial score (nSPS) is 16.7. The zero-order valence-electron chi connectivity index (χ0n) is 20.3. The molecule has 1 aromatic carbocycles. The van der Waals surface area contributed by atoms with Gasteiger partial charge in [0.15, 0.2) is 0 Å². The molecule has 1 spiro atoms. The van der Waals surface area contributed by atoms with Crippen molar-refractivity contribution in [2.45, 2.75) is 32.6 Å². The van der Waals surface area contributed by atoms with Crippen molar-refractivity contribution in [3.8, 4) is 0 Å². The van der Waals surface area contributed by atoms with Gasteiger partial charge in [-0.1, -0.05) is 32.0 Å². The second-order valence-corrected chi connectivity index (χ2v) is 9.98. The maximum Gasteiger partial charge on any atom is 0.252 e. The standard InChI is InChI=1S/C27H33N7O/c1-18(2)20-5-3-4-6-22(20)32-23-13-25(31-15-21(23)26(28)35)33-24-8-7-19(14-30-24)34-16-27(17-34)9-11-29-12-10-27/h3-8,13-15,18,29H,9-12,16-17H2,1-2H3,(H2,28,35)(H2,30,31,32,33).